The molecule has 0 saturated heterocycles. The third-order valence-corrected chi connectivity index (χ3v) is 3.91. The molecule has 0 radical (unpaired) electrons. The summed E-state index contributed by atoms with van der Waals surface area (Å²) in [6.07, 6.45) is -0.647. The molecule has 0 aromatic heterocycles. The number of alkyl carbamates (subject to hydrolysis) is 1. The van der Waals surface area contributed by atoms with Crippen LogP contribution in [0.2, 0.25) is 5.02 Å². The van der Waals surface area contributed by atoms with E-state index in [1.54, 1.807) is 54.6 Å². The molecule has 27 heavy (non-hydrogen) atoms. The van der Waals surface area contributed by atoms with Crippen molar-refractivity contribution in [2.45, 2.75) is 12.3 Å². The van der Waals surface area contributed by atoms with Crippen molar-refractivity contribution in [1.29, 1.82) is 0 Å². The molecule has 0 spiro atoms. The second kappa shape index (κ2) is 10.2. The van der Waals surface area contributed by atoms with Gasteiger partial charge in [0.15, 0.2) is 0 Å². The quantitative estimate of drug-likeness (QED) is 0.528. The Hall–Kier alpha value is -3.06. The molecule has 2 N–H and O–H groups in total. The second-order valence-corrected chi connectivity index (χ2v) is 5.94. The standard InChI is InChI=1S/C19H18ClNO6/c20-15-8-6-13(7-9-15)16(17(22)23)10-11-21-19(25)27-12-26-18(24)14-4-2-1-3-5-14/h1-9,16H,10-12H2,(H,21,25)(H,22,23). The highest BCUT2D eigenvalue weighted by atomic mass is 35.5. The zero-order valence-corrected chi connectivity index (χ0v) is 15.0. The summed E-state index contributed by atoms with van der Waals surface area (Å²) < 4.78 is 9.56. The van der Waals surface area contributed by atoms with Crippen LogP contribution in [0.25, 0.3) is 0 Å². The van der Waals surface area contributed by atoms with Crippen LogP contribution < -0.4 is 5.32 Å². The number of carbonyl (C=O) groups excluding carboxylic acids is 2. The number of amides is 1. The molecular formula is C19H18ClNO6. The number of nitrogens with one attached hydrogen (secondary N) is 1. The zero-order chi connectivity index (χ0) is 19.6. The Balaban J connectivity index is 1.72. The van der Waals surface area contributed by atoms with Crippen molar-refractivity contribution in [2.75, 3.05) is 13.3 Å². The van der Waals surface area contributed by atoms with Gasteiger partial charge in [0.2, 0.25) is 6.79 Å². The molecule has 2 rings (SSSR count). The van der Waals surface area contributed by atoms with E-state index in [0.717, 1.165) is 0 Å². The number of benzene rings is 2. The average Bonchev–Trinajstić information content (AvgIpc) is 2.66. The van der Waals surface area contributed by atoms with Gasteiger partial charge in [-0.05, 0) is 36.2 Å². The van der Waals surface area contributed by atoms with Crippen molar-refractivity contribution in [3.63, 3.8) is 0 Å². The topological polar surface area (TPSA) is 102 Å². The highest BCUT2D eigenvalue weighted by Crippen LogP contribution is 2.21. The lowest BCUT2D eigenvalue weighted by atomic mass is 9.96. The zero-order valence-electron chi connectivity index (χ0n) is 14.3. The van der Waals surface area contributed by atoms with Gasteiger partial charge in [-0.15, -0.1) is 0 Å². The van der Waals surface area contributed by atoms with Gasteiger partial charge in [-0.2, -0.15) is 0 Å². The van der Waals surface area contributed by atoms with Crippen molar-refractivity contribution in [3.05, 3.63) is 70.7 Å². The van der Waals surface area contributed by atoms with Crippen LogP contribution in [0, 0.1) is 0 Å². The van der Waals surface area contributed by atoms with E-state index < -0.39 is 30.7 Å². The van der Waals surface area contributed by atoms with Crippen LogP contribution in [-0.4, -0.2) is 36.5 Å². The molecule has 0 heterocycles. The fourth-order valence-corrected chi connectivity index (χ4v) is 2.42. The van der Waals surface area contributed by atoms with Crippen molar-refractivity contribution in [3.8, 4) is 0 Å². The number of halogens is 1. The van der Waals surface area contributed by atoms with Crippen LogP contribution in [0.4, 0.5) is 4.79 Å². The first kappa shape index (κ1) is 20.3. The van der Waals surface area contributed by atoms with Crippen molar-refractivity contribution < 1.29 is 29.0 Å². The Labute approximate surface area is 160 Å². The lowest BCUT2D eigenvalue weighted by molar-refractivity contribution is -0.139. The largest absolute Gasteiger partial charge is 0.481 e. The van der Waals surface area contributed by atoms with Gasteiger partial charge in [0.05, 0.1) is 11.5 Å². The molecule has 8 heteroatoms. The smallest absolute Gasteiger partial charge is 0.410 e. The molecule has 1 unspecified atom stereocenters. The maximum absolute atomic E-state index is 11.7. The normalized spacial score (nSPS) is 11.3. The summed E-state index contributed by atoms with van der Waals surface area (Å²) in [5.74, 6) is -2.42. The van der Waals surface area contributed by atoms with Gasteiger partial charge in [0.1, 0.15) is 0 Å². The Morgan fingerprint density at radius 2 is 1.67 bits per heavy atom. The van der Waals surface area contributed by atoms with E-state index in [1.165, 1.54) is 0 Å². The van der Waals surface area contributed by atoms with E-state index in [1.807, 2.05) is 0 Å². The van der Waals surface area contributed by atoms with Crippen LogP contribution >= 0.6 is 11.6 Å². The minimum Gasteiger partial charge on any atom is -0.481 e. The number of ether oxygens (including phenoxy) is 2. The number of carboxylic acids is 1. The molecule has 0 aliphatic carbocycles. The van der Waals surface area contributed by atoms with Crippen molar-refractivity contribution >= 4 is 29.6 Å². The summed E-state index contributed by atoms with van der Waals surface area (Å²) in [6, 6.07) is 14.7. The highest BCUT2D eigenvalue weighted by molar-refractivity contribution is 6.30. The fourth-order valence-electron chi connectivity index (χ4n) is 2.29. The second-order valence-electron chi connectivity index (χ2n) is 5.51. The molecule has 0 saturated carbocycles. The van der Waals surface area contributed by atoms with Gasteiger partial charge in [-0.1, -0.05) is 41.9 Å². The summed E-state index contributed by atoms with van der Waals surface area (Å²) in [7, 11) is 0. The van der Waals surface area contributed by atoms with Gasteiger partial charge in [-0.3, -0.25) is 4.79 Å². The van der Waals surface area contributed by atoms with Crippen LogP contribution in [0.1, 0.15) is 28.3 Å². The highest BCUT2D eigenvalue weighted by Gasteiger charge is 2.20. The van der Waals surface area contributed by atoms with Gasteiger partial charge in [0.25, 0.3) is 0 Å². The fraction of sp³-hybridized carbons (Fsp3) is 0.211. The number of carbonyl (C=O) groups is 3. The number of rotatable bonds is 8. The summed E-state index contributed by atoms with van der Waals surface area (Å²) in [5.41, 5.74) is 0.924. The van der Waals surface area contributed by atoms with E-state index in [9.17, 15) is 19.5 Å². The van der Waals surface area contributed by atoms with Gasteiger partial charge < -0.3 is 19.9 Å². The molecule has 2 aromatic rings. The molecule has 0 fully saturated rings. The van der Waals surface area contributed by atoms with Crippen LogP contribution in [0.15, 0.2) is 54.6 Å². The summed E-state index contributed by atoms with van der Waals surface area (Å²) in [4.78, 5) is 34.7. The Morgan fingerprint density at radius 1 is 1.00 bits per heavy atom. The number of hydrogen-bond donors (Lipinski definition) is 2. The number of esters is 1. The number of hydrogen-bond acceptors (Lipinski definition) is 5. The van der Waals surface area contributed by atoms with Crippen LogP contribution in [0.3, 0.4) is 0 Å². The number of aliphatic carboxylic acids is 1. The molecule has 0 aliphatic heterocycles. The third-order valence-electron chi connectivity index (χ3n) is 3.66. The summed E-state index contributed by atoms with van der Waals surface area (Å²) >= 11 is 5.79. The number of carboxylic acid groups (broad SMARTS) is 1. The summed E-state index contributed by atoms with van der Waals surface area (Å²) in [5, 5.41) is 12.3. The predicted molar refractivity (Wildman–Crippen MR) is 97.7 cm³/mol. The molecule has 1 atom stereocenters. The van der Waals surface area contributed by atoms with E-state index >= 15 is 0 Å². The Bertz CT molecular complexity index is 779. The first-order valence-electron chi connectivity index (χ1n) is 8.08. The maximum atomic E-state index is 11.7. The van der Waals surface area contributed by atoms with E-state index in [0.29, 0.717) is 16.1 Å². The van der Waals surface area contributed by atoms with E-state index in [4.69, 9.17) is 21.1 Å². The third kappa shape index (κ3) is 6.63. The van der Waals surface area contributed by atoms with Crippen molar-refractivity contribution in [1.82, 2.24) is 5.32 Å². The SMILES string of the molecule is O=C(NCCC(C(=O)O)c1ccc(Cl)cc1)OCOC(=O)c1ccccc1. The minimum absolute atomic E-state index is 0.0745. The Morgan fingerprint density at radius 3 is 2.30 bits per heavy atom. The first-order chi connectivity index (χ1) is 13.0. The predicted octanol–water partition coefficient (Wildman–Crippen LogP) is 3.44. The molecule has 2 aromatic carbocycles. The van der Waals surface area contributed by atoms with Crippen LogP contribution in [-0.2, 0) is 14.3 Å². The lowest BCUT2D eigenvalue weighted by Crippen LogP contribution is -2.28. The monoisotopic (exact) mass is 391 g/mol. The van der Waals surface area contributed by atoms with Crippen molar-refractivity contribution in [2.24, 2.45) is 0 Å². The minimum atomic E-state index is -1.01. The van der Waals surface area contributed by atoms with E-state index in [2.05, 4.69) is 5.32 Å². The van der Waals surface area contributed by atoms with E-state index in [-0.39, 0.29) is 13.0 Å². The van der Waals surface area contributed by atoms with Gasteiger partial charge in [0, 0.05) is 11.6 Å². The molecule has 7 nitrogen and oxygen atoms in total. The Kier molecular flexibility index (Phi) is 7.63. The molecule has 1 amide bonds. The lowest BCUT2D eigenvalue weighted by Gasteiger charge is -2.13. The maximum Gasteiger partial charge on any atom is 0.410 e. The van der Waals surface area contributed by atoms with Crippen LogP contribution in [0.5, 0.6) is 0 Å². The molecule has 142 valence electrons. The summed E-state index contributed by atoms with van der Waals surface area (Å²) in [6.45, 7) is -0.468. The molecular weight excluding hydrogens is 374 g/mol. The molecule has 0 bridgehead atoms. The molecule has 0 aliphatic rings. The first-order valence-corrected chi connectivity index (χ1v) is 8.46. The average molecular weight is 392 g/mol. The van der Waals surface area contributed by atoms with Gasteiger partial charge in [-0.25, -0.2) is 9.59 Å². The van der Waals surface area contributed by atoms with Gasteiger partial charge >= 0.3 is 18.0 Å².